The van der Waals surface area contributed by atoms with Crippen LogP contribution in [0.4, 0.5) is 0 Å². The number of rotatable bonds is 2. The first kappa shape index (κ1) is 15.1. The molecule has 0 amide bonds. The van der Waals surface area contributed by atoms with Crippen LogP contribution in [0.25, 0.3) is 10.8 Å². The molecule has 0 fully saturated rings. The van der Waals surface area contributed by atoms with Gasteiger partial charge in [-0.2, -0.15) is 0 Å². The van der Waals surface area contributed by atoms with Gasteiger partial charge in [-0.25, -0.2) is 9.59 Å². The third-order valence-corrected chi connectivity index (χ3v) is 4.56. The molecule has 0 aromatic heterocycles. The fourth-order valence-electron chi connectivity index (χ4n) is 3.36. The predicted molar refractivity (Wildman–Crippen MR) is 90.5 cm³/mol. The Bertz CT molecular complexity index is 1090. The Morgan fingerprint density at radius 2 is 1.48 bits per heavy atom. The van der Waals surface area contributed by atoms with E-state index >= 15 is 0 Å². The summed E-state index contributed by atoms with van der Waals surface area (Å²) < 4.78 is 0. The van der Waals surface area contributed by atoms with Crippen molar-refractivity contribution >= 4 is 28.5 Å². The van der Waals surface area contributed by atoms with Gasteiger partial charge in [0.2, 0.25) is 0 Å². The second-order valence-electron chi connectivity index (χ2n) is 6.02. The van der Waals surface area contributed by atoms with Crippen molar-refractivity contribution in [1.29, 1.82) is 0 Å². The molecule has 25 heavy (non-hydrogen) atoms. The van der Waals surface area contributed by atoms with E-state index in [9.17, 15) is 14.4 Å². The van der Waals surface area contributed by atoms with Crippen molar-refractivity contribution in [2.45, 2.75) is 6.42 Å². The number of carboxylic acids is 2. The molecule has 122 valence electrons. The predicted octanol–water partition coefficient (Wildman–Crippen LogP) is 3.37. The van der Waals surface area contributed by atoms with E-state index in [-0.39, 0.29) is 16.9 Å². The van der Waals surface area contributed by atoms with E-state index in [4.69, 9.17) is 10.2 Å². The van der Waals surface area contributed by atoms with Gasteiger partial charge in [-0.3, -0.25) is 4.79 Å². The Balaban J connectivity index is 1.91. The Labute approximate surface area is 142 Å². The van der Waals surface area contributed by atoms with Crippen LogP contribution in [0.5, 0.6) is 0 Å². The lowest BCUT2D eigenvalue weighted by atomic mass is 9.81. The number of ketones is 1. The van der Waals surface area contributed by atoms with Crippen molar-refractivity contribution < 1.29 is 24.6 Å². The maximum atomic E-state index is 13.0. The summed E-state index contributed by atoms with van der Waals surface area (Å²) in [5.74, 6) is -2.21. The van der Waals surface area contributed by atoms with Gasteiger partial charge in [0.25, 0.3) is 0 Å². The van der Waals surface area contributed by atoms with Crippen LogP contribution in [0.1, 0.15) is 47.8 Å². The summed E-state index contributed by atoms with van der Waals surface area (Å²) in [4.78, 5) is 35.2. The van der Waals surface area contributed by atoms with E-state index in [2.05, 4.69) is 0 Å². The molecule has 0 radical (unpaired) electrons. The van der Waals surface area contributed by atoms with Gasteiger partial charge in [0.15, 0.2) is 5.78 Å². The highest BCUT2D eigenvalue weighted by atomic mass is 16.4. The van der Waals surface area contributed by atoms with Gasteiger partial charge in [-0.15, -0.1) is 0 Å². The molecule has 0 atom stereocenters. The summed E-state index contributed by atoms with van der Waals surface area (Å²) in [5.41, 5.74) is 2.89. The van der Waals surface area contributed by atoms with Crippen LogP contribution >= 0.6 is 0 Å². The molecule has 0 bridgehead atoms. The summed E-state index contributed by atoms with van der Waals surface area (Å²) in [7, 11) is 0. The van der Waals surface area contributed by atoms with Gasteiger partial charge >= 0.3 is 11.9 Å². The topological polar surface area (TPSA) is 91.7 Å². The maximum absolute atomic E-state index is 13.0. The Kier molecular flexibility index (Phi) is 3.18. The molecule has 5 heteroatoms. The van der Waals surface area contributed by atoms with Crippen molar-refractivity contribution in [3.05, 3.63) is 81.9 Å². The van der Waals surface area contributed by atoms with Crippen LogP contribution in [-0.2, 0) is 6.42 Å². The molecule has 0 heterocycles. The number of hydrogen-bond acceptors (Lipinski definition) is 3. The van der Waals surface area contributed by atoms with E-state index in [0.717, 1.165) is 5.56 Å². The maximum Gasteiger partial charge on any atom is 0.335 e. The highest BCUT2D eigenvalue weighted by Crippen LogP contribution is 2.33. The van der Waals surface area contributed by atoms with E-state index < -0.39 is 11.9 Å². The minimum absolute atomic E-state index is 0.155. The first-order valence-electron chi connectivity index (χ1n) is 7.65. The fraction of sp³-hybridized carbons (Fsp3) is 0.0500. The number of carbonyl (C=O) groups excluding carboxylic acids is 1. The minimum Gasteiger partial charge on any atom is -0.478 e. The normalized spacial score (nSPS) is 12.6. The number of hydrogen-bond donors (Lipinski definition) is 2. The molecule has 4 rings (SSSR count). The molecular formula is C20H12O5. The van der Waals surface area contributed by atoms with Crippen LogP contribution in [0.3, 0.4) is 0 Å². The van der Waals surface area contributed by atoms with E-state index in [1.54, 1.807) is 30.3 Å². The minimum atomic E-state index is -1.03. The first-order valence-corrected chi connectivity index (χ1v) is 7.65. The lowest BCUT2D eigenvalue weighted by Crippen LogP contribution is -2.16. The average Bonchev–Trinajstić information content (AvgIpc) is 2.60. The van der Waals surface area contributed by atoms with E-state index in [1.165, 1.54) is 18.2 Å². The number of fused-ring (bicyclic) bond motifs is 4. The number of benzene rings is 3. The Morgan fingerprint density at radius 1 is 0.800 bits per heavy atom. The molecule has 0 unspecified atom stereocenters. The van der Waals surface area contributed by atoms with E-state index in [0.29, 0.717) is 33.9 Å². The van der Waals surface area contributed by atoms with E-state index in [1.807, 2.05) is 0 Å². The van der Waals surface area contributed by atoms with Gasteiger partial charge in [-0.05, 0) is 58.7 Å². The standard InChI is InChI=1S/C20H12O5/c21-18-16-6-4-13(20(24)25)9-14(16)8-11-2-1-10-7-12(19(22)23)3-5-15(10)17(11)18/h1-7,9H,8H2,(H,22,23)(H,24,25). The zero-order valence-electron chi connectivity index (χ0n) is 12.9. The highest BCUT2D eigenvalue weighted by Gasteiger charge is 2.26. The lowest BCUT2D eigenvalue weighted by Gasteiger charge is -2.20. The van der Waals surface area contributed by atoms with Crippen LogP contribution in [0, 0.1) is 0 Å². The summed E-state index contributed by atoms with van der Waals surface area (Å²) >= 11 is 0. The third-order valence-electron chi connectivity index (χ3n) is 4.56. The van der Waals surface area contributed by atoms with Crippen molar-refractivity contribution in [1.82, 2.24) is 0 Å². The smallest absolute Gasteiger partial charge is 0.335 e. The fourth-order valence-corrected chi connectivity index (χ4v) is 3.36. The van der Waals surface area contributed by atoms with Crippen molar-refractivity contribution in [3.8, 4) is 0 Å². The molecule has 2 N–H and O–H groups in total. The molecule has 1 aliphatic carbocycles. The zero-order valence-corrected chi connectivity index (χ0v) is 12.9. The molecule has 0 saturated heterocycles. The number of carboxylic acid groups (broad SMARTS) is 2. The van der Waals surface area contributed by atoms with Crippen LogP contribution in [0.15, 0.2) is 48.5 Å². The van der Waals surface area contributed by atoms with Crippen molar-refractivity contribution in [3.63, 3.8) is 0 Å². The van der Waals surface area contributed by atoms with Crippen LogP contribution in [-0.4, -0.2) is 27.9 Å². The molecule has 3 aromatic carbocycles. The lowest BCUT2D eigenvalue weighted by molar-refractivity contribution is 0.0686. The van der Waals surface area contributed by atoms with Gasteiger partial charge in [-0.1, -0.05) is 18.2 Å². The summed E-state index contributed by atoms with van der Waals surface area (Å²) in [6.45, 7) is 0. The van der Waals surface area contributed by atoms with Crippen LogP contribution < -0.4 is 0 Å². The van der Waals surface area contributed by atoms with Gasteiger partial charge < -0.3 is 10.2 Å². The average molecular weight is 332 g/mol. The zero-order chi connectivity index (χ0) is 17.7. The SMILES string of the molecule is O=C(O)c1ccc2c(c1)Cc1ccc3cc(C(=O)O)ccc3c1C2=O. The molecule has 0 aliphatic heterocycles. The molecule has 3 aromatic rings. The van der Waals surface area contributed by atoms with Gasteiger partial charge in [0.1, 0.15) is 0 Å². The molecule has 1 aliphatic rings. The van der Waals surface area contributed by atoms with Gasteiger partial charge in [0.05, 0.1) is 11.1 Å². The first-order chi connectivity index (χ1) is 12.0. The molecule has 5 nitrogen and oxygen atoms in total. The second kappa shape index (κ2) is 5.27. The second-order valence-corrected chi connectivity index (χ2v) is 6.02. The monoisotopic (exact) mass is 332 g/mol. The summed E-state index contributed by atoms with van der Waals surface area (Å²) in [6, 6.07) is 12.8. The number of carbonyl (C=O) groups is 3. The molecule has 0 spiro atoms. The van der Waals surface area contributed by atoms with Crippen molar-refractivity contribution in [2.75, 3.05) is 0 Å². The third kappa shape index (κ3) is 2.29. The summed E-state index contributed by atoms with van der Waals surface area (Å²) in [6.07, 6.45) is 0.466. The Morgan fingerprint density at radius 3 is 2.20 bits per heavy atom. The highest BCUT2D eigenvalue weighted by molar-refractivity contribution is 6.19. The molecular weight excluding hydrogens is 320 g/mol. The Hall–Kier alpha value is -3.47. The quantitative estimate of drug-likeness (QED) is 0.587. The molecule has 0 saturated carbocycles. The van der Waals surface area contributed by atoms with Crippen LogP contribution in [0.2, 0.25) is 0 Å². The van der Waals surface area contributed by atoms with Crippen molar-refractivity contribution in [2.24, 2.45) is 0 Å². The number of aromatic carboxylic acids is 2. The summed E-state index contributed by atoms with van der Waals surface area (Å²) in [5, 5.41) is 19.6. The van der Waals surface area contributed by atoms with Gasteiger partial charge in [0, 0.05) is 11.1 Å². The largest absolute Gasteiger partial charge is 0.478 e.